The van der Waals surface area contributed by atoms with Gasteiger partial charge in [0, 0.05) is 3.57 Å². The third kappa shape index (κ3) is 3.04. The van der Waals surface area contributed by atoms with Gasteiger partial charge in [-0.05, 0) is 77.9 Å². The SMILES string of the molecule is Cc1cc(N)c(NC(=O)c2cc(I)ccc2O)cc1C. The number of benzene rings is 2. The van der Waals surface area contributed by atoms with Crippen LogP contribution in [0.4, 0.5) is 11.4 Å². The maximum atomic E-state index is 12.2. The molecule has 0 atom stereocenters. The highest BCUT2D eigenvalue weighted by atomic mass is 127. The highest BCUT2D eigenvalue weighted by molar-refractivity contribution is 14.1. The van der Waals surface area contributed by atoms with Gasteiger partial charge in [-0.3, -0.25) is 4.79 Å². The highest BCUT2D eigenvalue weighted by Crippen LogP contribution is 2.25. The fourth-order valence-corrected chi connectivity index (χ4v) is 2.32. The van der Waals surface area contributed by atoms with Crippen molar-refractivity contribution in [2.24, 2.45) is 0 Å². The van der Waals surface area contributed by atoms with Gasteiger partial charge in [-0.15, -0.1) is 0 Å². The minimum Gasteiger partial charge on any atom is -0.507 e. The number of nitrogen functional groups attached to an aromatic ring is 1. The lowest BCUT2D eigenvalue weighted by atomic mass is 10.1. The molecule has 0 aliphatic rings. The second kappa shape index (κ2) is 5.70. The number of halogens is 1. The Labute approximate surface area is 131 Å². The summed E-state index contributed by atoms with van der Waals surface area (Å²) >= 11 is 2.09. The van der Waals surface area contributed by atoms with E-state index in [4.69, 9.17) is 5.73 Å². The number of aryl methyl sites for hydroxylation is 2. The van der Waals surface area contributed by atoms with Gasteiger partial charge in [0.25, 0.3) is 5.91 Å². The maximum Gasteiger partial charge on any atom is 0.259 e. The Morgan fingerprint density at radius 2 is 1.85 bits per heavy atom. The number of nitrogens with two attached hydrogens (primary N) is 1. The second-order valence-corrected chi connectivity index (χ2v) is 5.88. The van der Waals surface area contributed by atoms with E-state index in [9.17, 15) is 9.90 Å². The molecule has 0 heterocycles. The Hall–Kier alpha value is -1.76. The molecule has 20 heavy (non-hydrogen) atoms. The number of rotatable bonds is 2. The van der Waals surface area contributed by atoms with Gasteiger partial charge in [-0.25, -0.2) is 0 Å². The standard InChI is InChI=1S/C15H15IN2O2/c1-8-5-12(17)13(6-9(8)2)18-15(20)11-7-10(16)3-4-14(11)19/h3-7,19H,17H2,1-2H3,(H,18,20). The van der Waals surface area contributed by atoms with Crippen LogP contribution in [0.1, 0.15) is 21.5 Å². The van der Waals surface area contributed by atoms with Crippen molar-refractivity contribution in [2.75, 3.05) is 11.1 Å². The van der Waals surface area contributed by atoms with Crippen LogP contribution in [0.3, 0.4) is 0 Å². The fourth-order valence-electron chi connectivity index (χ4n) is 1.83. The Bertz CT molecular complexity index is 684. The van der Waals surface area contributed by atoms with Gasteiger partial charge in [-0.1, -0.05) is 0 Å². The Kier molecular flexibility index (Phi) is 4.17. The molecule has 4 nitrogen and oxygen atoms in total. The van der Waals surface area contributed by atoms with Crippen LogP contribution in [0.25, 0.3) is 0 Å². The number of hydrogen-bond donors (Lipinski definition) is 3. The molecule has 0 spiro atoms. The summed E-state index contributed by atoms with van der Waals surface area (Å²) in [5.41, 5.74) is 9.31. The number of phenols is 1. The first-order valence-electron chi connectivity index (χ1n) is 6.05. The van der Waals surface area contributed by atoms with Crippen LogP contribution in [0, 0.1) is 17.4 Å². The predicted molar refractivity (Wildman–Crippen MR) is 89.1 cm³/mol. The molecular weight excluding hydrogens is 367 g/mol. The molecule has 2 aromatic rings. The second-order valence-electron chi connectivity index (χ2n) is 4.64. The Morgan fingerprint density at radius 1 is 1.20 bits per heavy atom. The number of anilines is 2. The first-order valence-corrected chi connectivity index (χ1v) is 7.13. The quantitative estimate of drug-likeness (QED) is 0.550. The average Bonchev–Trinajstić information content (AvgIpc) is 2.38. The topological polar surface area (TPSA) is 75.3 Å². The van der Waals surface area contributed by atoms with Crippen LogP contribution in [-0.2, 0) is 0 Å². The summed E-state index contributed by atoms with van der Waals surface area (Å²) in [6.07, 6.45) is 0. The Balaban J connectivity index is 2.32. The molecular formula is C15H15IN2O2. The first-order chi connectivity index (χ1) is 9.38. The summed E-state index contributed by atoms with van der Waals surface area (Å²) < 4.78 is 0.874. The smallest absolute Gasteiger partial charge is 0.259 e. The van der Waals surface area contributed by atoms with Crippen LogP contribution in [0.2, 0.25) is 0 Å². The van der Waals surface area contributed by atoms with E-state index in [1.165, 1.54) is 6.07 Å². The van der Waals surface area contributed by atoms with Crippen molar-refractivity contribution in [2.45, 2.75) is 13.8 Å². The molecule has 2 aromatic carbocycles. The normalized spacial score (nSPS) is 10.3. The zero-order valence-electron chi connectivity index (χ0n) is 11.2. The van der Waals surface area contributed by atoms with E-state index in [0.717, 1.165) is 14.7 Å². The lowest BCUT2D eigenvalue weighted by Crippen LogP contribution is -2.14. The molecule has 5 heteroatoms. The van der Waals surface area contributed by atoms with Crippen molar-refractivity contribution in [1.82, 2.24) is 0 Å². The molecule has 0 aliphatic carbocycles. The zero-order valence-corrected chi connectivity index (χ0v) is 13.4. The van der Waals surface area contributed by atoms with Gasteiger partial charge >= 0.3 is 0 Å². The van der Waals surface area contributed by atoms with E-state index in [2.05, 4.69) is 27.9 Å². The molecule has 0 unspecified atom stereocenters. The van der Waals surface area contributed by atoms with Gasteiger partial charge in [0.2, 0.25) is 0 Å². The van der Waals surface area contributed by atoms with Crippen molar-refractivity contribution in [3.63, 3.8) is 0 Å². The first kappa shape index (κ1) is 14.6. The van der Waals surface area contributed by atoms with Crippen molar-refractivity contribution < 1.29 is 9.90 Å². The number of nitrogens with one attached hydrogen (secondary N) is 1. The van der Waals surface area contributed by atoms with E-state index >= 15 is 0 Å². The van der Waals surface area contributed by atoms with Crippen molar-refractivity contribution >= 4 is 39.9 Å². The third-order valence-corrected chi connectivity index (χ3v) is 3.79. The minimum absolute atomic E-state index is 0.0506. The summed E-state index contributed by atoms with van der Waals surface area (Å²) in [5, 5.41) is 12.5. The maximum absolute atomic E-state index is 12.2. The molecule has 0 saturated carbocycles. The molecule has 0 saturated heterocycles. The number of aromatic hydroxyl groups is 1. The van der Waals surface area contributed by atoms with Crippen LogP contribution in [0.15, 0.2) is 30.3 Å². The van der Waals surface area contributed by atoms with E-state index in [1.807, 2.05) is 26.0 Å². The Morgan fingerprint density at radius 3 is 2.55 bits per heavy atom. The van der Waals surface area contributed by atoms with Gasteiger partial charge < -0.3 is 16.2 Å². The summed E-state index contributed by atoms with van der Waals surface area (Å²) in [6.45, 7) is 3.91. The van der Waals surface area contributed by atoms with Gasteiger partial charge in [0.05, 0.1) is 16.9 Å². The van der Waals surface area contributed by atoms with Crippen LogP contribution >= 0.6 is 22.6 Å². The van der Waals surface area contributed by atoms with Gasteiger partial charge in [0.1, 0.15) is 5.75 Å². The predicted octanol–water partition coefficient (Wildman–Crippen LogP) is 3.45. The minimum atomic E-state index is -0.379. The lowest BCUT2D eigenvalue weighted by Gasteiger charge is -2.12. The van der Waals surface area contributed by atoms with Crippen LogP contribution in [-0.4, -0.2) is 11.0 Å². The third-order valence-electron chi connectivity index (χ3n) is 3.12. The van der Waals surface area contributed by atoms with Crippen LogP contribution < -0.4 is 11.1 Å². The zero-order chi connectivity index (χ0) is 14.9. The molecule has 0 fully saturated rings. The van der Waals surface area contributed by atoms with Crippen molar-refractivity contribution in [3.8, 4) is 5.75 Å². The number of hydrogen-bond acceptors (Lipinski definition) is 3. The van der Waals surface area contributed by atoms with E-state index in [1.54, 1.807) is 12.1 Å². The van der Waals surface area contributed by atoms with Crippen molar-refractivity contribution in [1.29, 1.82) is 0 Å². The largest absolute Gasteiger partial charge is 0.507 e. The molecule has 2 rings (SSSR count). The molecule has 0 bridgehead atoms. The summed E-state index contributed by atoms with van der Waals surface area (Å²) in [5.74, 6) is -0.429. The summed E-state index contributed by atoms with van der Waals surface area (Å²) in [6, 6.07) is 8.51. The average molecular weight is 382 g/mol. The molecule has 4 N–H and O–H groups in total. The molecule has 104 valence electrons. The van der Waals surface area contributed by atoms with E-state index in [0.29, 0.717) is 11.4 Å². The number of phenolic OH excluding ortho intramolecular Hbond substituents is 1. The van der Waals surface area contributed by atoms with E-state index < -0.39 is 0 Å². The highest BCUT2D eigenvalue weighted by Gasteiger charge is 2.13. The molecule has 0 aromatic heterocycles. The molecule has 1 amide bonds. The number of amides is 1. The lowest BCUT2D eigenvalue weighted by molar-refractivity contribution is 0.102. The van der Waals surface area contributed by atoms with Crippen LogP contribution in [0.5, 0.6) is 5.75 Å². The monoisotopic (exact) mass is 382 g/mol. The summed E-state index contributed by atoms with van der Waals surface area (Å²) in [7, 11) is 0. The number of carbonyl (C=O) groups excluding carboxylic acids is 1. The molecule has 0 aliphatic heterocycles. The van der Waals surface area contributed by atoms with Crippen molar-refractivity contribution in [3.05, 3.63) is 50.6 Å². The molecule has 0 radical (unpaired) electrons. The van der Waals surface area contributed by atoms with E-state index in [-0.39, 0.29) is 17.2 Å². The fraction of sp³-hybridized carbons (Fsp3) is 0.133. The van der Waals surface area contributed by atoms with Gasteiger partial charge in [0.15, 0.2) is 0 Å². The summed E-state index contributed by atoms with van der Waals surface area (Å²) in [4.78, 5) is 12.2. The number of carbonyl (C=O) groups is 1. The van der Waals surface area contributed by atoms with Gasteiger partial charge in [-0.2, -0.15) is 0 Å².